The number of ether oxygens (including phenoxy) is 1. The summed E-state index contributed by atoms with van der Waals surface area (Å²) >= 11 is 0. The normalized spacial score (nSPS) is 13.9. The SMILES string of the molecule is COCCN(C(=O)Nc1cccc(C(C)=O)c1)C1CC1. The number of ketones is 1. The fraction of sp³-hybridized carbons (Fsp3) is 0.467. The Morgan fingerprint density at radius 1 is 1.40 bits per heavy atom. The zero-order valence-corrected chi connectivity index (χ0v) is 11.9. The molecule has 2 amide bonds. The second-order valence-corrected chi connectivity index (χ2v) is 4.98. The van der Waals surface area contributed by atoms with Gasteiger partial charge in [-0.3, -0.25) is 4.79 Å². The van der Waals surface area contributed by atoms with Gasteiger partial charge in [0, 0.05) is 30.9 Å². The summed E-state index contributed by atoms with van der Waals surface area (Å²) in [6, 6.07) is 7.17. The number of carbonyl (C=O) groups excluding carboxylic acids is 2. The van der Waals surface area contributed by atoms with Gasteiger partial charge < -0.3 is 15.0 Å². The molecule has 108 valence electrons. The molecule has 1 aromatic carbocycles. The van der Waals surface area contributed by atoms with Crippen molar-refractivity contribution in [1.82, 2.24) is 4.90 Å². The van der Waals surface area contributed by atoms with Crippen molar-refractivity contribution in [3.63, 3.8) is 0 Å². The predicted molar refractivity (Wildman–Crippen MR) is 77.1 cm³/mol. The van der Waals surface area contributed by atoms with Gasteiger partial charge in [-0.1, -0.05) is 12.1 Å². The van der Waals surface area contributed by atoms with E-state index in [-0.39, 0.29) is 11.8 Å². The third-order valence-corrected chi connectivity index (χ3v) is 3.31. The minimum atomic E-state index is -0.134. The number of methoxy groups -OCH3 is 1. The molecule has 0 heterocycles. The van der Waals surface area contributed by atoms with Gasteiger partial charge in [-0.05, 0) is 31.9 Å². The van der Waals surface area contributed by atoms with E-state index in [0.29, 0.717) is 30.4 Å². The highest BCUT2D eigenvalue weighted by Gasteiger charge is 2.32. The minimum absolute atomic E-state index is 0.0143. The molecule has 0 aliphatic heterocycles. The first-order valence-electron chi connectivity index (χ1n) is 6.79. The molecule has 0 bridgehead atoms. The van der Waals surface area contributed by atoms with E-state index < -0.39 is 0 Å². The average molecular weight is 276 g/mol. The van der Waals surface area contributed by atoms with Crippen LogP contribution in [0, 0.1) is 0 Å². The molecule has 1 fully saturated rings. The van der Waals surface area contributed by atoms with E-state index in [1.807, 2.05) is 0 Å². The number of benzene rings is 1. The number of hydrogen-bond acceptors (Lipinski definition) is 3. The Morgan fingerprint density at radius 3 is 2.75 bits per heavy atom. The Kier molecular flexibility index (Phi) is 4.74. The number of rotatable bonds is 6. The Hall–Kier alpha value is -1.88. The summed E-state index contributed by atoms with van der Waals surface area (Å²) in [6.45, 7) is 2.62. The van der Waals surface area contributed by atoms with Crippen LogP contribution in [0.25, 0.3) is 0 Å². The van der Waals surface area contributed by atoms with Gasteiger partial charge in [0.2, 0.25) is 0 Å². The number of carbonyl (C=O) groups is 2. The number of amides is 2. The van der Waals surface area contributed by atoms with Crippen LogP contribution in [0.2, 0.25) is 0 Å². The topological polar surface area (TPSA) is 58.6 Å². The van der Waals surface area contributed by atoms with Crippen LogP contribution in [0.1, 0.15) is 30.1 Å². The molecule has 20 heavy (non-hydrogen) atoms. The smallest absolute Gasteiger partial charge is 0.322 e. The molecule has 1 aromatic rings. The first-order valence-corrected chi connectivity index (χ1v) is 6.79. The van der Waals surface area contributed by atoms with Crippen LogP contribution < -0.4 is 5.32 Å². The van der Waals surface area contributed by atoms with E-state index in [0.717, 1.165) is 12.8 Å². The van der Waals surface area contributed by atoms with Crippen LogP contribution in [0.3, 0.4) is 0 Å². The summed E-state index contributed by atoms with van der Waals surface area (Å²) in [7, 11) is 1.62. The summed E-state index contributed by atoms with van der Waals surface area (Å²) in [5.74, 6) is -0.0143. The lowest BCUT2D eigenvalue weighted by molar-refractivity contribution is 0.101. The lowest BCUT2D eigenvalue weighted by Gasteiger charge is -2.22. The molecule has 0 spiro atoms. The Labute approximate surface area is 118 Å². The number of hydrogen-bond donors (Lipinski definition) is 1. The van der Waals surface area contributed by atoms with Crippen LogP contribution >= 0.6 is 0 Å². The maximum Gasteiger partial charge on any atom is 0.322 e. The zero-order valence-electron chi connectivity index (χ0n) is 11.9. The monoisotopic (exact) mass is 276 g/mol. The summed E-state index contributed by atoms with van der Waals surface area (Å²) in [5, 5.41) is 2.85. The summed E-state index contributed by atoms with van der Waals surface area (Å²) in [4.78, 5) is 25.4. The quantitative estimate of drug-likeness (QED) is 0.812. The van der Waals surface area contributed by atoms with Gasteiger partial charge in [0.25, 0.3) is 0 Å². The second-order valence-electron chi connectivity index (χ2n) is 4.98. The maximum atomic E-state index is 12.3. The van der Waals surface area contributed by atoms with E-state index in [2.05, 4.69) is 5.32 Å². The van der Waals surface area contributed by atoms with Gasteiger partial charge in [-0.2, -0.15) is 0 Å². The number of Topliss-reactive ketones (excluding diaryl/α,β-unsaturated/α-hetero) is 1. The maximum absolute atomic E-state index is 12.3. The summed E-state index contributed by atoms with van der Waals surface area (Å²) in [5.41, 5.74) is 1.24. The molecule has 0 unspecified atom stereocenters. The molecule has 1 saturated carbocycles. The number of urea groups is 1. The minimum Gasteiger partial charge on any atom is -0.383 e. The first-order chi connectivity index (χ1) is 9.61. The van der Waals surface area contributed by atoms with Crippen molar-refractivity contribution in [2.24, 2.45) is 0 Å². The largest absolute Gasteiger partial charge is 0.383 e. The lowest BCUT2D eigenvalue weighted by atomic mass is 10.1. The van der Waals surface area contributed by atoms with Crippen molar-refractivity contribution in [2.45, 2.75) is 25.8 Å². The fourth-order valence-corrected chi connectivity index (χ4v) is 2.04. The van der Waals surface area contributed by atoms with Gasteiger partial charge >= 0.3 is 6.03 Å². The molecule has 2 rings (SSSR count). The standard InChI is InChI=1S/C15H20N2O3/c1-11(18)12-4-3-5-13(10-12)16-15(19)17(8-9-20-2)14-6-7-14/h3-5,10,14H,6-9H2,1-2H3,(H,16,19). The van der Waals surface area contributed by atoms with Crippen molar-refractivity contribution >= 4 is 17.5 Å². The summed E-state index contributed by atoms with van der Waals surface area (Å²) in [6.07, 6.45) is 2.09. The molecule has 1 aliphatic rings. The van der Waals surface area contributed by atoms with Crippen molar-refractivity contribution in [3.8, 4) is 0 Å². The molecule has 0 saturated heterocycles. The Morgan fingerprint density at radius 2 is 2.15 bits per heavy atom. The van der Waals surface area contributed by atoms with Crippen LogP contribution in [0.5, 0.6) is 0 Å². The Bertz CT molecular complexity index is 498. The van der Waals surface area contributed by atoms with Gasteiger partial charge in [-0.15, -0.1) is 0 Å². The van der Waals surface area contributed by atoms with Gasteiger partial charge in [0.1, 0.15) is 0 Å². The van der Waals surface area contributed by atoms with Crippen LogP contribution in [-0.2, 0) is 4.74 Å². The molecular weight excluding hydrogens is 256 g/mol. The van der Waals surface area contributed by atoms with Crippen molar-refractivity contribution in [1.29, 1.82) is 0 Å². The third kappa shape index (κ3) is 3.81. The highest BCUT2D eigenvalue weighted by Crippen LogP contribution is 2.27. The fourth-order valence-electron chi connectivity index (χ4n) is 2.04. The van der Waals surface area contributed by atoms with E-state index in [1.165, 1.54) is 6.92 Å². The van der Waals surface area contributed by atoms with E-state index in [1.54, 1.807) is 36.3 Å². The highest BCUT2D eigenvalue weighted by atomic mass is 16.5. The van der Waals surface area contributed by atoms with Gasteiger partial charge in [0.15, 0.2) is 5.78 Å². The molecule has 0 atom stereocenters. The molecule has 5 heteroatoms. The number of anilines is 1. The van der Waals surface area contributed by atoms with Crippen molar-refractivity contribution in [2.75, 3.05) is 25.6 Å². The zero-order chi connectivity index (χ0) is 14.5. The molecule has 1 N–H and O–H groups in total. The molecule has 0 radical (unpaired) electrons. The van der Waals surface area contributed by atoms with E-state index >= 15 is 0 Å². The third-order valence-electron chi connectivity index (χ3n) is 3.31. The number of nitrogens with zero attached hydrogens (tertiary/aromatic N) is 1. The van der Waals surface area contributed by atoms with Crippen molar-refractivity contribution < 1.29 is 14.3 Å². The first kappa shape index (κ1) is 14.5. The van der Waals surface area contributed by atoms with Gasteiger partial charge in [0.05, 0.1) is 6.61 Å². The summed E-state index contributed by atoms with van der Waals surface area (Å²) < 4.78 is 5.03. The van der Waals surface area contributed by atoms with Crippen LogP contribution in [0.4, 0.5) is 10.5 Å². The molecule has 1 aliphatic carbocycles. The average Bonchev–Trinajstić information content (AvgIpc) is 3.24. The van der Waals surface area contributed by atoms with E-state index in [9.17, 15) is 9.59 Å². The molecule has 0 aromatic heterocycles. The van der Waals surface area contributed by atoms with Crippen LogP contribution in [0.15, 0.2) is 24.3 Å². The molecule has 5 nitrogen and oxygen atoms in total. The van der Waals surface area contributed by atoms with Gasteiger partial charge in [-0.25, -0.2) is 4.79 Å². The van der Waals surface area contributed by atoms with Crippen molar-refractivity contribution in [3.05, 3.63) is 29.8 Å². The lowest BCUT2D eigenvalue weighted by Crippen LogP contribution is -2.39. The highest BCUT2D eigenvalue weighted by molar-refractivity contribution is 5.96. The second kappa shape index (κ2) is 6.52. The predicted octanol–water partition coefficient (Wildman–Crippen LogP) is 2.53. The molecular formula is C15H20N2O3. The number of nitrogens with one attached hydrogen (secondary N) is 1. The van der Waals surface area contributed by atoms with Crippen LogP contribution in [-0.4, -0.2) is 43.0 Å². The van der Waals surface area contributed by atoms with E-state index in [4.69, 9.17) is 4.74 Å². The Balaban J connectivity index is 2.01.